The fourth-order valence-corrected chi connectivity index (χ4v) is 5.17. The summed E-state index contributed by atoms with van der Waals surface area (Å²) in [6.45, 7) is 4.72. The van der Waals surface area contributed by atoms with Crippen molar-refractivity contribution in [3.63, 3.8) is 0 Å². The Balaban J connectivity index is 1.82. The number of aromatic nitrogens is 1. The lowest BCUT2D eigenvalue weighted by Crippen LogP contribution is -2.38. The van der Waals surface area contributed by atoms with Crippen LogP contribution >= 0.6 is 27.3 Å². The number of ether oxygens (including phenoxy) is 1. The highest BCUT2D eigenvalue weighted by molar-refractivity contribution is 9.10. The number of nitrogens with one attached hydrogen (secondary N) is 1. The van der Waals surface area contributed by atoms with E-state index in [9.17, 15) is 4.79 Å². The first kappa shape index (κ1) is 15.9. The fraction of sp³-hybridized carbons (Fsp3) is 0.412. The molecule has 7 heteroatoms. The molecule has 1 aromatic heterocycles. The smallest absolute Gasteiger partial charge is 0.318 e. The van der Waals surface area contributed by atoms with Crippen molar-refractivity contribution in [3.8, 4) is 17.0 Å². The summed E-state index contributed by atoms with van der Waals surface area (Å²) >= 11 is 5.18. The highest BCUT2D eigenvalue weighted by Gasteiger charge is 2.46. The molecule has 0 spiro atoms. The van der Waals surface area contributed by atoms with E-state index in [0.717, 1.165) is 32.9 Å². The van der Waals surface area contributed by atoms with Gasteiger partial charge in [0.15, 0.2) is 0 Å². The fourth-order valence-electron chi connectivity index (χ4n) is 3.44. The van der Waals surface area contributed by atoms with E-state index in [1.807, 2.05) is 39.1 Å². The largest absolute Gasteiger partial charge is 0.492 e. The number of likely N-dealkylation sites (N-methyl/N-ethyl adjacent to an activating group) is 1. The van der Waals surface area contributed by atoms with E-state index in [0.29, 0.717) is 6.61 Å². The van der Waals surface area contributed by atoms with Gasteiger partial charge >= 0.3 is 6.03 Å². The summed E-state index contributed by atoms with van der Waals surface area (Å²) < 4.78 is 6.87. The summed E-state index contributed by atoms with van der Waals surface area (Å²) in [5.41, 5.74) is 1.66. The van der Waals surface area contributed by atoms with E-state index < -0.39 is 0 Å². The van der Waals surface area contributed by atoms with Crippen molar-refractivity contribution in [1.82, 2.24) is 15.2 Å². The van der Waals surface area contributed by atoms with Gasteiger partial charge in [-0.25, -0.2) is 9.78 Å². The van der Waals surface area contributed by atoms with E-state index in [1.165, 1.54) is 4.88 Å². The minimum absolute atomic E-state index is 0.0527. The summed E-state index contributed by atoms with van der Waals surface area (Å²) in [5.74, 6) is 0.855. The lowest BCUT2D eigenvalue weighted by Gasteiger charge is -2.26. The van der Waals surface area contributed by atoms with Crippen molar-refractivity contribution < 1.29 is 9.53 Å². The van der Waals surface area contributed by atoms with E-state index in [-0.39, 0.29) is 17.6 Å². The molecule has 2 aliphatic heterocycles. The van der Waals surface area contributed by atoms with E-state index in [1.54, 1.807) is 16.2 Å². The van der Waals surface area contributed by atoms with Gasteiger partial charge in [-0.2, -0.15) is 0 Å². The molecule has 1 fully saturated rings. The van der Waals surface area contributed by atoms with Gasteiger partial charge in [0.1, 0.15) is 16.8 Å². The number of carbonyl (C=O) groups is 1. The van der Waals surface area contributed by atoms with Crippen LogP contribution in [0.5, 0.6) is 5.75 Å². The SMILES string of the molecule is CN1C(=O)NC(C)(C)C1c1nc2c(s1)CCOc1cc(Br)ccc1-2. The molecule has 2 aromatic rings. The second kappa shape index (κ2) is 5.46. The molecule has 5 nitrogen and oxygen atoms in total. The van der Waals surface area contributed by atoms with Crippen LogP contribution in [0.15, 0.2) is 22.7 Å². The van der Waals surface area contributed by atoms with Crippen LogP contribution in [0.25, 0.3) is 11.3 Å². The van der Waals surface area contributed by atoms with Gasteiger partial charge in [-0.3, -0.25) is 0 Å². The summed E-state index contributed by atoms with van der Waals surface area (Å²) in [6.07, 6.45) is 0.831. The van der Waals surface area contributed by atoms with E-state index in [2.05, 4.69) is 21.2 Å². The third-order valence-electron chi connectivity index (χ3n) is 4.55. The van der Waals surface area contributed by atoms with E-state index >= 15 is 0 Å². The Kier molecular flexibility index (Phi) is 3.61. The average Bonchev–Trinajstić information content (AvgIpc) is 2.92. The number of benzene rings is 1. The molecule has 24 heavy (non-hydrogen) atoms. The quantitative estimate of drug-likeness (QED) is 0.777. The van der Waals surface area contributed by atoms with Gasteiger partial charge in [0.25, 0.3) is 0 Å². The molecule has 0 bridgehead atoms. The monoisotopic (exact) mass is 407 g/mol. The van der Waals surface area contributed by atoms with Crippen LogP contribution in [0.2, 0.25) is 0 Å². The lowest BCUT2D eigenvalue weighted by atomic mass is 9.96. The number of urea groups is 1. The van der Waals surface area contributed by atoms with Gasteiger partial charge in [0.2, 0.25) is 0 Å². The minimum atomic E-state index is -0.346. The zero-order chi connectivity index (χ0) is 17.1. The zero-order valence-electron chi connectivity index (χ0n) is 13.7. The molecule has 126 valence electrons. The Labute approximate surface area is 153 Å². The number of halogens is 1. The number of rotatable bonds is 1. The van der Waals surface area contributed by atoms with Crippen LogP contribution < -0.4 is 10.1 Å². The Morgan fingerprint density at radius 2 is 2.25 bits per heavy atom. The van der Waals surface area contributed by atoms with Gasteiger partial charge in [-0.1, -0.05) is 15.9 Å². The number of hydrogen-bond donors (Lipinski definition) is 1. The number of hydrogen-bond acceptors (Lipinski definition) is 4. The third kappa shape index (κ3) is 2.41. The molecule has 0 aliphatic carbocycles. The van der Waals surface area contributed by atoms with Crippen molar-refractivity contribution in [2.75, 3.05) is 13.7 Å². The normalized spacial score (nSPS) is 21.6. The zero-order valence-corrected chi connectivity index (χ0v) is 16.1. The van der Waals surface area contributed by atoms with Gasteiger partial charge in [0.05, 0.1) is 17.8 Å². The first-order valence-corrected chi connectivity index (χ1v) is 9.45. The molecule has 2 aliphatic rings. The van der Waals surface area contributed by atoms with Crippen molar-refractivity contribution >= 4 is 33.3 Å². The maximum absolute atomic E-state index is 12.1. The molecule has 1 saturated heterocycles. The van der Waals surface area contributed by atoms with Crippen molar-refractivity contribution in [2.45, 2.75) is 31.8 Å². The van der Waals surface area contributed by atoms with E-state index in [4.69, 9.17) is 9.72 Å². The number of nitrogens with zero attached hydrogens (tertiary/aromatic N) is 2. The summed E-state index contributed by atoms with van der Waals surface area (Å²) in [6, 6.07) is 5.91. The maximum atomic E-state index is 12.1. The first-order chi connectivity index (χ1) is 11.4. The first-order valence-electron chi connectivity index (χ1n) is 7.84. The van der Waals surface area contributed by atoms with Crippen LogP contribution in [0, 0.1) is 0 Å². The Hall–Kier alpha value is -1.60. The maximum Gasteiger partial charge on any atom is 0.318 e. The molecule has 0 radical (unpaired) electrons. The standard InChI is InChI=1S/C17H18BrN3O2S/c1-17(2)14(21(3)16(22)20-17)15-19-13-10-5-4-9(18)8-11(10)23-7-6-12(13)24-15/h4-5,8,14H,6-7H2,1-3H3,(H,20,22). The molecule has 0 saturated carbocycles. The van der Waals surface area contributed by atoms with Gasteiger partial charge in [0, 0.05) is 28.4 Å². The highest BCUT2D eigenvalue weighted by Crippen LogP contribution is 2.44. The molecule has 4 rings (SSSR count). The lowest BCUT2D eigenvalue weighted by molar-refractivity contribution is 0.213. The van der Waals surface area contributed by atoms with Crippen LogP contribution in [0.3, 0.4) is 0 Å². The van der Waals surface area contributed by atoms with Crippen molar-refractivity contribution in [3.05, 3.63) is 32.6 Å². The van der Waals surface area contributed by atoms with Crippen LogP contribution in [0.4, 0.5) is 4.79 Å². The second-order valence-corrected chi connectivity index (χ2v) is 8.76. The molecule has 1 N–H and O–H groups in total. The predicted molar refractivity (Wildman–Crippen MR) is 97.6 cm³/mol. The second-order valence-electron chi connectivity index (χ2n) is 6.73. The average molecular weight is 408 g/mol. The van der Waals surface area contributed by atoms with Gasteiger partial charge in [-0.05, 0) is 32.0 Å². The molecule has 3 heterocycles. The minimum Gasteiger partial charge on any atom is -0.492 e. The number of thiazole rings is 1. The molecular weight excluding hydrogens is 390 g/mol. The Morgan fingerprint density at radius 1 is 1.46 bits per heavy atom. The van der Waals surface area contributed by atoms with Crippen molar-refractivity contribution in [2.24, 2.45) is 0 Å². The van der Waals surface area contributed by atoms with Crippen molar-refractivity contribution in [1.29, 1.82) is 0 Å². The summed E-state index contributed by atoms with van der Waals surface area (Å²) in [5, 5.41) is 4.01. The molecule has 1 aromatic carbocycles. The number of fused-ring (bicyclic) bond motifs is 3. The summed E-state index contributed by atoms with van der Waals surface area (Å²) in [7, 11) is 1.83. The Morgan fingerprint density at radius 3 is 2.96 bits per heavy atom. The van der Waals surface area contributed by atoms with Gasteiger partial charge in [-0.15, -0.1) is 11.3 Å². The predicted octanol–water partition coefficient (Wildman–Crippen LogP) is 3.98. The Bertz CT molecular complexity index is 833. The number of amides is 2. The molecule has 2 amide bonds. The summed E-state index contributed by atoms with van der Waals surface area (Å²) in [4.78, 5) is 20.0. The van der Waals surface area contributed by atoms with Gasteiger partial charge < -0.3 is 15.0 Å². The third-order valence-corrected chi connectivity index (χ3v) is 6.21. The van der Waals surface area contributed by atoms with Crippen LogP contribution in [-0.2, 0) is 6.42 Å². The van der Waals surface area contributed by atoms with Crippen LogP contribution in [0.1, 0.15) is 29.8 Å². The molecule has 1 unspecified atom stereocenters. The topological polar surface area (TPSA) is 54.5 Å². The molecular formula is C17H18BrN3O2S. The molecule has 1 atom stereocenters. The highest BCUT2D eigenvalue weighted by atomic mass is 79.9. The van der Waals surface area contributed by atoms with Crippen LogP contribution in [-0.4, -0.2) is 35.1 Å². The number of carbonyl (C=O) groups excluding carboxylic acids is 1.